The molecule has 14 heavy (non-hydrogen) atoms. The van der Waals surface area contributed by atoms with E-state index in [1.165, 1.54) is 0 Å². The third-order valence-electron chi connectivity index (χ3n) is 2.22. The average molecular weight is 197 g/mol. The van der Waals surface area contributed by atoms with Gasteiger partial charge in [0.2, 0.25) is 0 Å². The molecule has 0 radical (unpaired) electrons. The van der Waals surface area contributed by atoms with Crippen molar-refractivity contribution < 1.29 is 9.52 Å². The standard InChI is InChI=1S/C11H19NO2/c1-2-4-9-6-7-11(14-9)10(12)5-3-8-13/h6-7,10,13H,2-5,8,12H2,1H3/t10-/m1/s1. The van der Waals surface area contributed by atoms with Crippen molar-refractivity contribution in [1.82, 2.24) is 0 Å². The first-order valence-electron chi connectivity index (χ1n) is 5.23. The van der Waals surface area contributed by atoms with Crippen LogP contribution in [0.5, 0.6) is 0 Å². The van der Waals surface area contributed by atoms with Crippen molar-refractivity contribution in [3.8, 4) is 0 Å². The number of hydrogen-bond donors (Lipinski definition) is 2. The van der Waals surface area contributed by atoms with E-state index in [9.17, 15) is 0 Å². The molecule has 0 aromatic carbocycles. The molecule has 0 aliphatic carbocycles. The minimum atomic E-state index is -0.0762. The lowest BCUT2D eigenvalue weighted by Gasteiger charge is -2.06. The topological polar surface area (TPSA) is 59.4 Å². The van der Waals surface area contributed by atoms with Crippen LogP contribution in [0.3, 0.4) is 0 Å². The lowest BCUT2D eigenvalue weighted by atomic mass is 10.1. The molecule has 1 rings (SSSR count). The normalized spacial score (nSPS) is 13.1. The summed E-state index contributed by atoms with van der Waals surface area (Å²) in [6.45, 7) is 2.31. The summed E-state index contributed by atoms with van der Waals surface area (Å²) in [7, 11) is 0. The van der Waals surface area contributed by atoms with Crippen LogP contribution in [0, 0.1) is 0 Å². The van der Waals surface area contributed by atoms with Crippen LogP contribution < -0.4 is 5.73 Å². The second kappa shape index (κ2) is 5.83. The summed E-state index contributed by atoms with van der Waals surface area (Å²) < 4.78 is 5.58. The first-order valence-corrected chi connectivity index (χ1v) is 5.23. The van der Waals surface area contributed by atoms with Gasteiger partial charge in [-0.15, -0.1) is 0 Å². The third kappa shape index (κ3) is 3.16. The van der Waals surface area contributed by atoms with Crippen LogP contribution in [0.1, 0.15) is 43.7 Å². The molecule has 1 aromatic heterocycles. The minimum absolute atomic E-state index is 0.0762. The van der Waals surface area contributed by atoms with Gasteiger partial charge in [-0.25, -0.2) is 0 Å². The summed E-state index contributed by atoms with van der Waals surface area (Å²) in [4.78, 5) is 0. The van der Waals surface area contributed by atoms with Crippen LogP contribution in [-0.2, 0) is 6.42 Å². The van der Waals surface area contributed by atoms with E-state index in [4.69, 9.17) is 15.3 Å². The van der Waals surface area contributed by atoms with Gasteiger partial charge < -0.3 is 15.3 Å². The highest BCUT2D eigenvalue weighted by atomic mass is 16.3. The van der Waals surface area contributed by atoms with Gasteiger partial charge in [0.1, 0.15) is 11.5 Å². The third-order valence-corrected chi connectivity index (χ3v) is 2.22. The first kappa shape index (κ1) is 11.3. The molecular formula is C11H19NO2. The van der Waals surface area contributed by atoms with Crippen molar-refractivity contribution in [1.29, 1.82) is 0 Å². The highest BCUT2D eigenvalue weighted by Gasteiger charge is 2.09. The van der Waals surface area contributed by atoms with Gasteiger partial charge in [-0.05, 0) is 31.4 Å². The largest absolute Gasteiger partial charge is 0.464 e. The molecule has 0 aliphatic rings. The zero-order chi connectivity index (χ0) is 10.4. The fourth-order valence-electron chi connectivity index (χ4n) is 1.43. The Labute approximate surface area is 84.9 Å². The second-order valence-electron chi connectivity index (χ2n) is 3.53. The van der Waals surface area contributed by atoms with Gasteiger partial charge >= 0.3 is 0 Å². The fraction of sp³-hybridized carbons (Fsp3) is 0.636. The smallest absolute Gasteiger partial charge is 0.120 e. The van der Waals surface area contributed by atoms with Crippen LogP contribution in [0.2, 0.25) is 0 Å². The molecule has 1 heterocycles. The zero-order valence-corrected chi connectivity index (χ0v) is 8.70. The van der Waals surface area contributed by atoms with Crippen LogP contribution in [0.25, 0.3) is 0 Å². The van der Waals surface area contributed by atoms with E-state index in [2.05, 4.69) is 6.92 Å². The Morgan fingerprint density at radius 1 is 1.50 bits per heavy atom. The van der Waals surface area contributed by atoms with Gasteiger partial charge in [0.25, 0.3) is 0 Å². The molecule has 0 bridgehead atoms. The molecule has 0 saturated carbocycles. The molecule has 3 nitrogen and oxygen atoms in total. The molecule has 0 unspecified atom stereocenters. The van der Waals surface area contributed by atoms with E-state index in [0.717, 1.165) is 37.2 Å². The van der Waals surface area contributed by atoms with E-state index in [0.29, 0.717) is 0 Å². The van der Waals surface area contributed by atoms with E-state index >= 15 is 0 Å². The molecule has 1 aromatic rings. The van der Waals surface area contributed by atoms with Crippen molar-refractivity contribution in [2.24, 2.45) is 5.73 Å². The summed E-state index contributed by atoms with van der Waals surface area (Å²) >= 11 is 0. The molecule has 0 fully saturated rings. The molecule has 3 N–H and O–H groups in total. The lowest BCUT2D eigenvalue weighted by molar-refractivity contribution is 0.276. The molecule has 0 amide bonds. The van der Waals surface area contributed by atoms with Crippen molar-refractivity contribution >= 4 is 0 Å². The van der Waals surface area contributed by atoms with Crippen molar-refractivity contribution in [2.75, 3.05) is 6.61 Å². The fourth-order valence-corrected chi connectivity index (χ4v) is 1.43. The Morgan fingerprint density at radius 2 is 2.29 bits per heavy atom. The predicted molar refractivity (Wildman–Crippen MR) is 56.0 cm³/mol. The SMILES string of the molecule is CCCc1ccc([C@H](N)CCCO)o1. The van der Waals surface area contributed by atoms with E-state index in [1.54, 1.807) is 0 Å². The Hall–Kier alpha value is -0.800. The Kier molecular flexibility index (Phi) is 4.70. The van der Waals surface area contributed by atoms with Crippen LogP contribution >= 0.6 is 0 Å². The van der Waals surface area contributed by atoms with Crippen molar-refractivity contribution in [3.63, 3.8) is 0 Å². The Morgan fingerprint density at radius 3 is 2.93 bits per heavy atom. The first-order chi connectivity index (χ1) is 6.77. The van der Waals surface area contributed by atoms with Crippen molar-refractivity contribution in [2.45, 2.75) is 38.6 Å². The average Bonchev–Trinajstić information content (AvgIpc) is 2.63. The van der Waals surface area contributed by atoms with Gasteiger partial charge in [0.05, 0.1) is 6.04 Å². The highest BCUT2D eigenvalue weighted by Crippen LogP contribution is 2.19. The number of furan rings is 1. The number of aliphatic hydroxyl groups excluding tert-OH is 1. The van der Waals surface area contributed by atoms with E-state index in [-0.39, 0.29) is 12.6 Å². The molecular weight excluding hydrogens is 178 g/mol. The molecule has 3 heteroatoms. The van der Waals surface area contributed by atoms with Gasteiger partial charge in [-0.2, -0.15) is 0 Å². The molecule has 80 valence electrons. The van der Waals surface area contributed by atoms with Crippen LogP contribution in [0.4, 0.5) is 0 Å². The number of hydrogen-bond acceptors (Lipinski definition) is 3. The molecule has 0 aliphatic heterocycles. The molecule has 1 atom stereocenters. The summed E-state index contributed by atoms with van der Waals surface area (Å²) in [5.41, 5.74) is 5.89. The summed E-state index contributed by atoms with van der Waals surface area (Å²) in [6.07, 6.45) is 3.55. The maximum absolute atomic E-state index is 8.67. The predicted octanol–water partition coefficient (Wildman–Crippen LogP) is 2.00. The van der Waals surface area contributed by atoms with Gasteiger partial charge in [-0.3, -0.25) is 0 Å². The van der Waals surface area contributed by atoms with Gasteiger partial charge in [0.15, 0.2) is 0 Å². The van der Waals surface area contributed by atoms with E-state index < -0.39 is 0 Å². The number of nitrogens with two attached hydrogens (primary N) is 1. The zero-order valence-electron chi connectivity index (χ0n) is 8.70. The highest BCUT2D eigenvalue weighted by molar-refractivity contribution is 5.10. The molecule has 0 spiro atoms. The monoisotopic (exact) mass is 197 g/mol. The maximum Gasteiger partial charge on any atom is 0.120 e. The summed E-state index contributed by atoms with van der Waals surface area (Å²) in [6, 6.07) is 3.85. The Balaban J connectivity index is 2.48. The lowest BCUT2D eigenvalue weighted by Crippen LogP contribution is -2.09. The quantitative estimate of drug-likeness (QED) is 0.733. The molecule has 0 saturated heterocycles. The summed E-state index contributed by atoms with van der Waals surface area (Å²) in [5.74, 6) is 1.84. The Bertz CT molecular complexity index is 258. The summed E-state index contributed by atoms with van der Waals surface area (Å²) in [5, 5.41) is 8.67. The number of aliphatic hydroxyl groups is 1. The van der Waals surface area contributed by atoms with Crippen LogP contribution in [-0.4, -0.2) is 11.7 Å². The minimum Gasteiger partial charge on any atom is -0.464 e. The number of aryl methyl sites for hydroxylation is 1. The van der Waals surface area contributed by atoms with Gasteiger partial charge in [0, 0.05) is 13.0 Å². The maximum atomic E-state index is 8.67. The van der Waals surface area contributed by atoms with Gasteiger partial charge in [-0.1, -0.05) is 6.92 Å². The van der Waals surface area contributed by atoms with E-state index in [1.807, 2.05) is 12.1 Å². The van der Waals surface area contributed by atoms with Crippen molar-refractivity contribution in [3.05, 3.63) is 23.7 Å². The second-order valence-corrected chi connectivity index (χ2v) is 3.53. The number of rotatable bonds is 6. The van der Waals surface area contributed by atoms with Crippen LogP contribution in [0.15, 0.2) is 16.5 Å².